The third-order valence-corrected chi connectivity index (χ3v) is 2.91. The van der Waals surface area contributed by atoms with Crippen molar-refractivity contribution in [2.24, 2.45) is 0 Å². The van der Waals surface area contributed by atoms with Gasteiger partial charge in [-0.3, -0.25) is 25.3 Å². The number of hydrazine groups is 1. The molecule has 2 heterocycles. The van der Waals surface area contributed by atoms with E-state index in [9.17, 15) is 14.7 Å². The Kier molecular flexibility index (Phi) is 3.35. The van der Waals surface area contributed by atoms with Gasteiger partial charge in [-0.1, -0.05) is 0 Å². The van der Waals surface area contributed by atoms with Crippen molar-refractivity contribution in [3.8, 4) is 0 Å². The van der Waals surface area contributed by atoms with Crippen molar-refractivity contribution in [1.82, 2.24) is 15.8 Å². The van der Waals surface area contributed by atoms with Gasteiger partial charge in [0.15, 0.2) is 0 Å². The summed E-state index contributed by atoms with van der Waals surface area (Å²) in [4.78, 5) is 21.9. The van der Waals surface area contributed by atoms with E-state index < -0.39 is 18.2 Å². The molecule has 7 nitrogen and oxygen atoms in total. The van der Waals surface area contributed by atoms with E-state index in [0.29, 0.717) is 18.5 Å². The van der Waals surface area contributed by atoms with Crippen LogP contribution < -0.4 is 10.7 Å². The van der Waals surface area contributed by atoms with Crippen LogP contribution in [0.1, 0.15) is 13.3 Å². The number of aliphatic carboxylic acids is 1. The minimum absolute atomic E-state index is 0.201. The number of carbonyl (C=O) groups excluding carboxylic acids is 1. The van der Waals surface area contributed by atoms with E-state index in [2.05, 4.69) is 10.7 Å². The van der Waals surface area contributed by atoms with Crippen LogP contribution in [0.2, 0.25) is 0 Å². The number of aliphatic hydroxyl groups is 1. The second-order valence-electron chi connectivity index (χ2n) is 4.33. The Hall–Kier alpha value is -1.86. The molecule has 0 spiro atoms. The molecule has 1 amide bonds. The Morgan fingerprint density at radius 1 is 1.56 bits per heavy atom. The molecule has 0 aromatic heterocycles. The molecule has 0 saturated heterocycles. The van der Waals surface area contributed by atoms with Gasteiger partial charge in [-0.05, 0) is 23.6 Å². The van der Waals surface area contributed by atoms with Crippen molar-refractivity contribution in [3.63, 3.8) is 0 Å². The lowest BCUT2D eigenvalue weighted by molar-refractivity contribution is -0.140. The molecule has 0 bridgehead atoms. The Morgan fingerprint density at radius 3 is 2.89 bits per heavy atom. The largest absolute Gasteiger partial charge is 0.480 e. The lowest BCUT2D eigenvalue weighted by atomic mass is 9.93. The lowest BCUT2D eigenvalue weighted by Gasteiger charge is -2.34. The lowest BCUT2D eigenvalue weighted by Crippen LogP contribution is -2.50. The molecule has 2 unspecified atom stereocenters. The summed E-state index contributed by atoms with van der Waals surface area (Å²) in [7, 11) is 0. The maximum Gasteiger partial charge on any atom is 0.321 e. The third-order valence-electron chi connectivity index (χ3n) is 2.91. The van der Waals surface area contributed by atoms with Crippen molar-refractivity contribution in [1.29, 1.82) is 0 Å². The van der Waals surface area contributed by atoms with Crippen LogP contribution >= 0.6 is 0 Å². The van der Waals surface area contributed by atoms with E-state index in [1.807, 2.05) is 0 Å². The summed E-state index contributed by atoms with van der Waals surface area (Å²) in [6.45, 7) is 1.78. The Labute approximate surface area is 104 Å². The molecule has 2 aliphatic rings. The molecule has 0 aromatic carbocycles. The van der Waals surface area contributed by atoms with Gasteiger partial charge in [0.2, 0.25) is 5.91 Å². The van der Waals surface area contributed by atoms with E-state index in [-0.39, 0.29) is 5.91 Å². The van der Waals surface area contributed by atoms with Crippen LogP contribution in [0.3, 0.4) is 0 Å². The summed E-state index contributed by atoms with van der Waals surface area (Å²) in [5.74, 6) is -1.20. The first kappa shape index (κ1) is 12.6. The van der Waals surface area contributed by atoms with Crippen molar-refractivity contribution < 1.29 is 19.8 Å². The Bertz CT molecular complexity index is 444. The summed E-state index contributed by atoms with van der Waals surface area (Å²) in [6.07, 6.45) is 2.64. The Balaban J connectivity index is 2.13. The SMILES string of the molecule is CC(=O)NN1C=CC2=C(CC(C(=O)O)NC2O)C1. The van der Waals surface area contributed by atoms with Gasteiger partial charge in [-0.25, -0.2) is 0 Å². The molecule has 18 heavy (non-hydrogen) atoms. The smallest absolute Gasteiger partial charge is 0.321 e. The highest BCUT2D eigenvalue weighted by molar-refractivity contribution is 5.75. The summed E-state index contributed by atoms with van der Waals surface area (Å²) in [5.41, 5.74) is 4.08. The highest BCUT2D eigenvalue weighted by atomic mass is 16.4. The number of hydrogen-bond acceptors (Lipinski definition) is 5. The number of aliphatic hydroxyl groups excluding tert-OH is 1. The second-order valence-corrected chi connectivity index (χ2v) is 4.33. The quantitative estimate of drug-likeness (QED) is 0.500. The highest BCUT2D eigenvalue weighted by Gasteiger charge is 2.32. The standard InChI is InChI=1S/C11H15N3O4/c1-6(15)13-14-3-2-8-7(5-14)4-9(11(17)18)12-10(8)16/h2-3,9-10,12,16H,4-5H2,1H3,(H,13,15)(H,17,18). The highest BCUT2D eigenvalue weighted by Crippen LogP contribution is 2.25. The van der Waals surface area contributed by atoms with Gasteiger partial charge >= 0.3 is 5.97 Å². The molecule has 0 aromatic rings. The van der Waals surface area contributed by atoms with Crippen LogP contribution in [-0.2, 0) is 9.59 Å². The zero-order chi connectivity index (χ0) is 13.3. The summed E-state index contributed by atoms with van der Waals surface area (Å²) in [5, 5.41) is 22.9. The first-order valence-corrected chi connectivity index (χ1v) is 5.58. The molecular weight excluding hydrogens is 238 g/mol. The number of hydrogen-bond donors (Lipinski definition) is 4. The van der Waals surface area contributed by atoms with Gasteiger partial charge in [0.1, 0.15) is 12.3 Å². The normalized spacial score (nSPS) is 26.9. The molecule has 2 aliphatic heterocycles. The molecular formula is C11H15N3O4. The number of nitrogens with one attached hydrogen (secondary N) is 2. The first-order chi connectivity index (χ1) is 8.47. The fraction of sp³-hybridized carbons (Fsp3) is 0.455. The second kappa shape index (κ2) is 4.79. The number of carboxylic acid groups (broad SMARTS) is 1. The minimum Gasteiger partial charge on any atom is -0.480 e. The van der Waals surface area contributed by atoms with Crippen LogP contribution in [0.4, 0.5) is 0 Å². The number of rotatable bonds is 2. The van der Waals surface area contributed by atoms with Gasteiger partial charge in [-0.2, -0.15) is 0 Å². The number of carboxylic acids is 1. The number of nitrogens with zero attached hydrogens (tertiary/aromatic N) is 1. The summed E-state index contributed by atoms with van der Waals surface area (Å²) in [6, 6.07) is -0.801. The van der Waals surface area contributed by atoms with Crippen molar-refractivity contribution in [2.45, 2.75) is 25.6 Å². The maximum atomic E-state index is 11.0. The van der Waals surface area contributed by atoms with Crippen molar-refractivity contribution in [3.05, 3.63) is 23.4 Å². The molecule has 2 atom stereocenters. The number of amides is 1. The van der Waals surface area contributed by atoms with Gasteiger partial charge in [0, 0.05) is 13.1 Å². The molecule has 0 radical (unpaired) electrons. The van der Waals surface area contributed by atoms with Gasteiger partial charge in [-0.15, -0.1) is 0 Å². The third kappa shape index (κ3) is 2.52. The van der Waals surface area contributed by atoms with Crippen LogP contribution in [0.25, 0.3) is 0 Å². The maximum absolute atomic E-state index is 11.0. The topological polar surface area (TPSA) is 102 Å². The number of carbonyl (C=O) groups is 2. The van der Waals surface area contributed by atoms with E-state index in [4.69, 9.17) is 5.11 Å². The van der Waals surface area contributed by atoms with E-state index in [1.165, 1.54) is 6.92 Å². The van der Waals surface area contributed by atoms with Gasteiger partial charge in [0.05, 0.1) is 6.54 Å². The predicted octanol–water partition coefficient (Wildman–Crippen LogP) is -1.07. The molecule has 4 N–H and O–H groups in total. The molecule has 0 saturated carbocycles. The van der Waals surface area contributed by atoms with Gasteiger partial charge < -0.3 is 10.2 Å². The summed E-state index contributed by atoms with van der Waals surface area (Å²) < 4.78 is 0. The minimum atomic E-state index is -0.999. The fourth-order valence-electron chi connectivity index (χ4n) is 2.13. The van der Waals surface area contributed by atoms with Crippen LogP contribution in [-0.4, -0.2) is 45.9 Å². The van der Waals surface area contributed by atoms with Crippen LogP contribution in [0, 0.1) is 0 Å². The predicted molar refractivity (Wildman–Crippen MR) is 61.9 cm³/mol. The van der Waals surface area contributed by atoms with E-state index >= 15 is 0 Å². The average Bonchev–Trinajstić information content (AvgIpc) is 2.27. The Morgan fingerprint density at radius 2 is 2.28 bits per heavy atom. The molecule has 0 fully saturated rings. The van der Waals surface area contributed by atoms with E-state index in [1.54, 1.807) is 17.3 Å². The molecule has 2 rings (SSSR count). The average molecular weight is 253 g/mol. The molecule has 0 aliphatic carbocycles. The van der Waals surface area contributed by atoms with Gasteiger partial charge in [0.25, 0.3) is 0 Å². The van der Waals surface area contributed by atoms with Crippen molar-refractivity contribution in [2.75, 3.05) is 6.54 Å². The zero-order valence-corrected chi connectivity index (χ0v) is 9.88. The molecule has 98 valence electrons. The van der Waals surface area contributed by atoms with E-state index in [0.717, 1.165) is 5.57 Å². The monoisotopic (exact) mass is 253 g/mol. The fourth-order valence-corrected chi connectivity index (χ4v) is 2.13. The molecule has 7 heteroatoms. The summed E-state index contributed by atoms with van der Waals surface area (Å²) >= 11 is 0. The van der Waals surface area contributed by atoms with Crippen LogP contribution in [0.5, 0.6) is 0 Å². The van der Waals surface area contributed by atoms with Crippen molar-refractivity contribution >= 4 is 11.9 Å². The first-order valence-electron chi connectivity index (χ1n) is 5.58. The zero-order valence-electron chi connectivity index (χ0n) is 9.88. The van der Waals surface area contributed by atoms with Crippen LogP contribution in [0.15, 0.2) is 23.4 Å².